The van der Waals surface area contributed by atoms with Crippen LogP contribution in [0.1, 0.15) is 11.1 Å². The molecule has 0 spiro atoms. The minimum absolute atomic E-state index is 0.0633. The molecule has 0 aliphatic carbocycles. The number of benzene rings is 2. The van der Waals surface area contributed by atoms with Gasteiger partial charge in [-0.3, -0.25) is 4.79 Å². The second kappa shape index (κ2) is 8.33. The van der Waals surface area contributed by atoms with Crippen molar-refractivity contribution in [1.29, 1.82) is 0 Å². The quantitative estimate of drug-likeness (QED) is 0.763. The van der Waals surface area contributed by atoms with Gasteiger partial charge in [-0.2, -0.15) is 0 Å². The topological polar surface area (TPSA) is 98.5 Å². The lowest BCUT2D eigenvalue weighted by Crippen LogP contribution is -2.27. The number of ether oxygens (including phenoxy) is 1. The maximum absolute atomic E-state index is 12.1. The zero-order valence-electron chi connectivity index (χ0n) is 13.7. The summed E-state index contributed by atoms with van der Waals surface area (Å²) in [5.41, 5.74) is 1.61. The molecule has 0 saturated carbocycles. The average Bonchev–Trinajstić information content (AvgIpc) is 2.55. The van der Waals surface area contributed by atoms with Crippen LogP contribution in [0.4, 0.5) is 0 Å². The molecule has 8 heteroatoms. The van der Waals surface area contributed by atoms with Crippen LogP contribution in [-0.4, -0.2) is 28.0 Å². The number of methoxy groups -OCH3 is 1. The summed E-state index contributed by atoms with van der Waals surface area (Å²) in [5.74, 6) is 0.458. The first kappa shape index (κ1) is 19.2. The van der Waals surface area contributed by atoms with Crippen LogP contribution in [0.3, 0.4) is 0 Å². The molecular formula is C17H19ClN2O4S. The first-order valence-corrected chi connectivity index (χ1v) is 9.43. The van der Waals surface area contributed by atoms with Crippen molar-refractivity contribution >= 4 is 27.5 Å². The minimum atomic E-state index is -3.69. The highest BCUT2D eigenvalue weighted by Gasteiger charge is 2.10. The molecule has 0 aromatic heterocycles. The molecular weight excluding hydrogens is 364 g/mol. The van der Waals surface area contributed by atoms with Crippen molar-refractivity contribution in [1.82, 2.24) is 5.32 Å². The van der Waals surface area contributed by atoms with E-state index in [0.717, 1.165) is 5.56 Å². The lowest BCUT2D eigenvalue weighted by atomic mass is 10.1. The number of amides is 1. The van der Waals surface area contributed by atoms with E-state index in [0.29, 0.717) is 29.3 Å². The third-order valence-electron chi connectivity index (χ3n) is 3.58. The van der Waals surface area contributed by atoms with Gasteiger partial charge in [-0.25, -0.2) is 13.6 Å². The number of nitrogens with two attached hydrogens (primary N) is 1. The van der Waals surface area contributed by atoms with Gasteiger partial charge in [0.05, 0.1) is 18.4 Å². The Morgan fingerprint density at radius 1 is 1.20 bits per heavy atom. The second-order valence-electron chi connectivity index (χ2n) is 5.42. The molecule has 0 heterocycles. The first-order chi connectivity index (χ1) is 11.8. The predicted molar refractivity (Wildman–Crippen MR) is 96.2 cm³/mol. The van der Waals surface area contributed by atoms with Crippen molar-refractivity contribution in [2.45, 2.75) is 17.7 Å². The predicted octanol–water partition coefficient (Wildman–Crippen LogP) is 1.90. The van der Waals surface area contributed by atoms with Crippen LogP contribution in [0, 0.1) is 0 Å². The van der Waals surface area contributed by atoms with Crippen molar-refractivity contribution in [3.05, 3.63) is 58.6 Å². The lowest BCUT2D eigenvalue weighted by molar-refractivity contribution is -0.120. The van der Waals surface area contributed by atoms with Crippen LogP contribution in [0.25, 0.3) is 0 Å². The van der Waals surface area contributed by atoms with Gasteiger partial charge in [-0.15, -0.1) is 0 Å². The van der Waals surface area contributed by atoms with Gasteiger partial charge >= 0.3 is 0 Å². The average molecular weight is 383 g/mol. The van der Waals surface area contributed by atoms with E-state index in [1.165, 1.54) is 19.2 Å². The molecule has 2 aromatic carbocycles. The van der Waals surface area contributed by atoms with Crippen molar-refractivity contribution in [3.8, 4) is 5.75 Å². The molecule has 134 valence electrons. The van der Waals surface area contributed by atoms with Crippen LogP contribution in [0.5, 0.6) is 5.75 Å². The second-order valence-corrected chi connectivity index (χ2v) is 7.42. The van der Waals surface area contributed by atoms with Gasteiger partial charge in [0, 0.05) is 17.1 Å². The van der Waals surface area contributed by atoms with E-state index < -0.39 is 10.0 Å². The van der Waals surface area contributed by atoms with Crippen LogP contribution in [-0.2, 0) is 27.7 Å². The molecule has 2 aromatic rings. The Labute approximate surface area is 152 Å². The summed E-state index contributed by atoms with van der Waals surface area (Å²) in [6.45, 7) is 0.427. The number of nitrogens with one attached hydrogen (secondary N) is 1. The summed E-state index contributed by atoms with van der Waals surface area (Å²) in [7, 11) is -2.15. The van der Waals surface area contributed by atoms with Crippen LogP contribution in [0.15, 0.2) is 47.4 Å². The zero-order valence-corrected chi connectivity index (χ0v) is 15.2. The zero-order chi connectivity index (χ0) is 18.4. The summed E-state index contributed by atoms with van der Waals surface area (Å²) >= 11 is 5.95. The van der Waals surface area contributed by atoms with Gasteiger partial charge < -0.3 is 10.1 Å². The van der Waals surface area contributed by atoms with Gasteiger partial charge in [-0.05, 0) is 42.3 Å². The number of carbonyl (C=O) groups excluding carboxylic acids is 1. The summed E-state index contributed by atoms with van der Waals surface area (Å²) in [4.78, 5) is 12.1. The molecule has 0 atom stereocenters. The van der Waals surface area contributed by atoms with Crippen LogP contribution in [0.2, 0.25) is 5.02 Å². The maximum atomic E-state index is 12.1. The smallest absolute Gasteiger partial charge is 0.238 e. The molecule has 0 bridgehead atoms. The Morgan fingerprint density at radius 3 is 2.48 bits per heavy atom. The molecule has 2 rings (SSSR count). The summed E-state index contributed by atoms with van der Waals surface area (Å²) in [5, 5.41) is 8.40. The van der Waals surface area contributed by atoms with Crippen molar-refractivity contribution in [3.63, 3.8) is 0 Å². The van der Waals surface area contributed by atoms with E-state index in [4.69, 9.17) is 21.5 Å². The fourth-order valence-electron chi connectivity index (χ4n) is 2.31. The molecule has 0 radical (unpaired) electrons. The first-order valence-electron chi connectivity index (χ1n) is 7.50. The Hall–Kier alpha value is -2.09. The number of primary sulfonamides is 1. The van der Waals surface area contributed by atoms with Crippen molar-refractivity contribution in [2.24, 2.45) is 5.14 Å². The van der Waals surface area contributed by atoms with E-state index in [1.54, 1.807) is 30.3 Å². The highest BCUT2D eigenvalue weighted by Crippen LogP contribution is 2.23. The molecule has 0 aliphatic heterocycles. The van der Waals surface area contributed by atoms with E-state index in [9.17, 15) is 13.2 Å². The molecule has 0 aliphatic rings. The van der Waals surface area contributed by atoms with Gasteiger partial charge in [0.25, 0.3) is 0 Å². The number of carbonyl (C=O) groups is 1. The summed E-state index contributed by atoms with van der Waals surface area (Å²) < 4.78 is 27.6. The van der Waals surface area contributed by atoms with Crippen LogP contribution >= 0.6 is 11.6 Å². The highest BCUT2D eigenvalue weighted by atomic mass is 35.5. The minimum Gasteiger partial charge on any atom is -0.496 e. The Bertz CT molecular complexity index is 851. The molecule has 6 nitrogen and oxygen atoms in total. The van der Waals surface area contributed by atoms with Gasteiger partial charge in [0.1, 0.15) is 5.75 Å². The number of hydrogen-bond donors (Lipinski definition) is 2. The molecule has 0 saturated heterocycles. The largest absolute Gasteiger partial charge is 0.496 e. The summed E-state index contributed by atoms with van der Waals surface area (Å²) in [6, 6.07) is 11.4. The lowest BCUT2D eigenvalue weighted by Gasteiger charge is -2.10. The fourth-order valence-corrected chi connectivity index (χ4v) is 3.02. The van der Waals surface area contributed by atoms with E-state index in [-0.39, 0.29) is 17.2 Å². The Balaban J connectivity index is 1.88. The van der Waals surface area contributed by atoms with E-state index in [1.807, 2.05) is 0 Å². The SMILES string of the molecule is COc1ccc(Cl)cc1CC(=O)NCCc1ccc(S(N)(=O)=O)cc1. The molecule has 0 unspecified atom stereocenters. The number of sulfonamides is 1. The normalized spacial score (nSPS) is 11.2. The molecule has 3 N–H and O–H groups in total. The Morgan fingerprint density at radius 2 is 1.88 bits per heavy atom. The standard InChI is InChI=1S/C17H19ClN2O4S/c1-24-16-7-4-14(18)10-13(16)11-17(21)20-9-8-12-2-5-15(6-3-12)25(19,22)23/h2-7,10H,8-9,11H2,1H3,(H,20,21)(H2,19,22,23). The Kier molecular flexibility index (Phi) is 6.41. The van der Waals surface area contributed by atoms with Crippen molar-refractivity contribution < 1.29 is 17.9 Å². The van der Waals surface area contributed by atoms with E-state index >= 15 is 0 Å². The van der Waals surface area contributed by atoms with Gasteiger partial charge in [0.15, 0.2) is 0 Å². The number of hydrogen-bond acceptors (Lipinski definition) is 4. The molecule has 1 amide bonds. The van der Waals surface area contributed by atoms with Gasteiger partial charge in [0.2, 0.25) is 15.9 Å². The maximum Gasteiger partial charge on any atom is 0.238 e. The third-order valence-corrected chi connectivity index (χ3v) is 4.75. The fraction of sp³-hybridized carbons (Fsp3) is 0.235. The summed E-state index contributed by atoms with van der Waals surface area (Å²) in [6.07, 6.45) is 0.734. The van der Waals surface area contributed by atoms with Crippen molar-refractivity contribution in [2.75, 3.05) is 13.7 Å². The van der Waals surface area contributed by atoms with Crippen LogP contribution < -0.4 is 15.2 Å². The van der Waals surface area contributed by atoms with Gasteiger partial charge in [-0.1, -0.05) is 23.7 Å². The number of halogens is 1. The molecule has 0 fully saturated rings. The molecule has 25 heavy (non-hydrogen) atoms. The number of rotatable bonds is 7. The monoisotopic (exact) mass is 382 g/mol. The highest BCUT2D eigenvalue weighted by molar-refractivity contribution is 7.89. The van der Waals surface area contributed by atoms with E-state index in [2.05, 4.69) is 5.32 Å². The third kappa shape index (κ3) is 5.74.